The molecule has 0 aliphatic rings. The van der Waals surface area contributed by atoms with E-state index in [2.05, 4.69) is 5.32 Å². The summed E-state index contributed by atoms with van der Waals surface area (Å²) in [5.41, 5.74) is 6.27. The molecule has 0 saturated heterocycles. The molecule has 1 aromatic carbocycles. The zero-order chi connectivity index (χ0) is 15.7. The average Bonchev–Trinajstić information content (AvgIpc) is 2.45. The number of carbonyl (C=O) groups excluding carboxylic acids is 1. The first-order valence-electron chi connectivity index (χ1n) is 6.53. The Morgan fingerprint density at radius 1 is 1.43 bits per heavy atom. The van der Waals surface area contributed by atoms with E-state index in [-0.39, 0.29) is 5.91 Å². The Kier molecular flexibility index (Phi) is 7.20. The van der Waals surface area contributed by atoms with E-state index in [4.69, 9.17) is 20.3 Å². The van der Waals surface area contributed by atoms with E-state index < -0.39 is 18.6 Å². The number of ether oxygens (including phenoxy) is 2. The number of rotatable bonds is 9. The molecular formula is C14H20N2O5. The molecule has 7 heteroatoms. The third-order valence-corrected chi connectivity index (χ3v) is 2.66. The van der Waals surface area contributed by atoms with Crippen molar-refractivity contribution in [2.75, 3.05) is 25.6 Å². The summed E-state index contributed by atoms with van der Waals surface area (Å²) in [5, 5.41) is 11.2. The molecule has 0 saturated carbocycles. The number of benzene rings is 1. The first kappa shape index (κ1) is 16.9. The third-order valence-electron chi connectivity index (χ3n) is 2.66. The van der Waals surface area contributed by atoms with Crippen molar-refractivity contribution in [3.63, 3.8) is 0 Å². The van der Waals surface area contributed by atoms with Crippen LogP contribution in [0.3, 0.4) is 0 Å². The van der Waals surface area contributed by atoms with Gasteiger partial charge in [0.05, 0.1) is 6.04 Å². The van der Waals surface area contributed by atoms with Gasteiger partial charge in [-0.05, 0) is 25.0 Å². The van der Waals surface area contributed by atoms with Gasteiger partial charge in [-0.15, -0.1) is 0 Å². The first-order chi connectivity index (χ1) is 10.0. The summed E-state index contributed by atoms with van der Waals surface area (Å²) in [7, 11) is 1.59. The zero-order valence-electron chi connectivity index (χ0n) is 11.9. The summed E-state index contributed by atoms with van der Waals surface area (Å²) in [6, 6.07) is 5.86. The number of hydrogen-bond donors (Lipinski definition) is 3. The molecule has 0 radical (unpaired) electrons. The van der Waals surface area contributed by atoms with Crippen molar-refractivity contribution in [3.05, 3.63) is 24.3 Å². The fourth-order valence-electron chi connectivity index (χ4n) is 1.62. The predicted molar refractivity (Wildman–Crippen MR) is 77.3 cm³/mol. The second-order valence-electron chi connectivity index (χ2n) is 4.44. The van der Waals surface area contributed by atoms with Crippen molar-refractivity contribution in [1.82, 2.24) is 0 Å². The van der Waals surface area contributed by atoms with Crippen molar-refractivity contribution >= 4 is 17.6 Å². The lowest BCUT2D eigenvalue weighted by molar-refractivity contribution is -0.139. The lowest BCUT2D eigenvalue weighted by Gasteiger charge is -2.12. The monoisotopic (exact) mass is 296 g/mol. The number of nitrogens with one attached hydrogen (secondary N) is 1. The zero-order valence-corrected chi connectivity index (χ0v) is 11.9. The molecule has 21 heavy (non-hydrogen) atoms. The number of hydrogen-bond acceptors (Lipinski definition) is 5. The maximum atomic E-state index is 11.9. The van der Waals surface area contributed by atoms with Crippen LogP contribution in [0.1, 0.15) is 12.8 Å². The van der Waals surface area contributed by atoms with E-state index >= 15 is 0 Å². The average molecular weight is 296 g/mol. The van der Waals surface area contributed by atoms with Gasteiger partial charge in [-0.3, -0.25) is 4.79 Å². The minimum atomic E-state index is -1.07. The van der Waals surface area contributed by atoms with Crippen LogP contribution in [-0.2, 0) is 14.3 Å². The minimum Gasteiger partial charge on any atom is -0.482 e. The number of nitrogens with two attached hydrogens (primary N) is 1. The van der Waals surface area contributed by atoms with E-state index in [9.17, 15) is 9.59 Å². The number of carboxylic acids is 1. The van der Waals surface area contributed by atoms with Crippen molar-refractivity contribution in [2.24, 2.45) is 5.73 Å². The van der Waals surface area contributed by atoms with Crippen molar-refractivity contribution in [1.29, 1.82) is 0 Å². The molecule has 0 aliphatic carbocycles. The Morgan fingerprint density at radius 2 is 2.19 bits per heavy atom. The van der Waals surface area contributed by atoms with Crippen molar-refractivity contribution < 1.29 is 24.2 Å². The van der Waals surface area contributed by atoms with Gasteiger partial charge in [-0.2, -0.15) is 0 Å². The highest BCUT2D eigenvalue weighted by Crippen LogP contribution is 2.17. The summed E-state index contributed by atoms with van der Waals surface area (Å²) in [4.78, 5) is 22.3. The number of carbonyl (C=O) groups is 2. The second-order valence-corrected chi connectivity index (χ2v) is 4.44. The van der Waals surface area contributed by atoms with Crippen LogP contribution in [-0.4, -0.2) is 43.3 Å². The van der Waals surface area contributed by atoms with Gasteiger partial charge in [0.2, 0.25) is 5.91 Å². The molecule has 0 aromatic heterocycles. The number of aliphatic carboxylic acids is 1. The number of anilines is 1. The molecule has 0 fully saturated rings. The fourth-order valence-corrected chi connectivity index (χ4v) is 1.62. The number of carboxylic acid groups (broad SMARTS) is 1. The van der Waals surface area contributed by atoms with Gasteiger partial charge in [0.1, 0.15) is 5.75 Å². The van der Waals surface area contributed by atoms with Gasteiger partial charge >= 0.3 is 5.97 Å². The number of amides is 1. The molecule has 0 spiro atoms. The highest BCUT2D eigenvalue weighted by molar-refractivity contribution is 5.94. The first-order valence-corrected chi connectivity index (χ1v) is 6.53. The van der Waals surface area contributed by atoms with Gasteiger partial charge < -0.3 is 25.6 Å². The van der Waals surface area contributed by atoms with Gasteiger partial charge in [-0.25, -0.2) is 4.79 Å². The van der Waals surface area contributed by atoms with Crippen molar-refractivity contribution in [3.8, 4) is 5.75 Å². The highest BCUT2D eigenvalue weighted by atomic mass is 16.5. The summed E-state index contributed by atoms with van der Waals surface area (Å²) in [6.45, 7) is 0.118. The lowest BCUT2D eigenvalue weighted by Crippen LogP contribution is -2.35. The Balaban J connectivity index is 2.51. The summed E-state index contributed by atoms with van der Waals surface area (Å²) in [5.74, 6) is -1.01. The largest absolute Gasteiger partial charge is 0.482 e. The Bertz CT molecular complexity index is 478. The molecule has 1 atom stereocenters. The Morgan fingerprint density at radius 3 is 2.86 bits per heavy atom. The molecule has 4 N–H and O–H groups in total. The molecule has 0 heterocycles. The molecule has 0 aliphatic heterocycles. The summed E-state index contributed by atoms with van der Waals surface area (Å²) in [6.07, 6.45) is 1.22. The Labute approximate surface area is 123 Å². The van der Waals surface area contributed by atoms with E-state index in [0.29, 0.717) is 30.9 Å². The normalized spacial score (nSPS) is 11.7. The molecule has 1 unspecified atom stereocenters. The van der Waals surface area contributed by atoms with Crippen LogP contribution in [0, 0.1) is 0 Å². The second kappa shape index (κ2) is 8.93. The van der Waals surface area contributed by atoms with E-state index in [0.717, 1.165) is 0 Å². The quantitative estimate of drug-likeness (QED) is 0.582. The van der Waals surface area contributed by atoms with Crippen molar-refractivity contribution in [2.45, 2.75) is 18.9 Å². The van der Waals surface area contributed by atoms with Crippen LogP contribution in [0.15, 0.2) is 24.3 Å². The van der Waals surface area contributed by atoms with Gasteiger partial charge in [0.25, 0.3) is 0 Å². The number of methoxy groups -OCH3 is 1. The van der Waals surface area contributed by atoms with Crippen LogP contribution >= 0.6 is 0 Å². The molecule has 1 aromatic rings. The lowest BCUT2D eigenvalue weighted by atomic mass is 10.1. The topological polar surface area (TPSA) is 111 Å². The van der Waals surface area contributed by atoms with E-state index in [1.54, 1.807) is 31.4 Å². The van der Waals surface area contributed by atoms with Gasteiger partial charge in [0, 0.05) is 25.5 Å². The van der Waals surface area contributed by atoms with E-state index in [1.807, 2.05) is 0 Å². The molecule has 0 bridgehead atoms. The highest BCUT2D eigenvalue weighted by Gasteiger charge is 2.13. The van der Waals surface area contributed by atoms with Crippen LogP contribution in [0.5, 0.6) is 5.75 Å². The molecule has 116 valence electrons. The summed E-state index contributed by atoms with van der Waals surface area (Å²) >= 11 is 0. The smallest absolute Gasteiger partial charge is 0.341 e. The standard InChI is InChI=1S/C14H20N2O5/c1-20-7-3-6-12(15)14(19)16-10-4-2-5-11(8-10)21-9-13(17)18/h2,4-5,8,12H,3,6-7,9,15H2,1H3,(H,16,19)(H,17,18). The molecular weight excluding hydrogens is 276 g/mol. The van der Waals surface area contributed by atoms with E-state index in [1.165, 1.54) is 0 Å². The van der Waals surface area contributed by atoms with Gasteiger partial charge in [0.15, 0.2) is 6.61 Å². The molecule has 7 nitrogen and oxygen atoms in total. The molecule has 1 amide bonds. The predicted octanol–water partition coefficient (Wildman–Crippen LogP) is 0.842. The fraction of sp³-hybridized carbons (Fsp3) is 0.429. The SMILES string of the molecule is COCCCC(N)C(=O)Nc1cccc(OCC(=O)O)c1. The third kappa shape index (κ3) is 6.73. The minimum absolute atomic E-state index is 0.304. The van der Waals surface area contributed by atoms with Crippen LogP contribution in [0.4, 0.5) is 5.69 Å². The maximum Gasteiger partial charge on any atom is 0.341 e. The molecule has 1 rings (SSSR count). The van der Waals surface area contributed by atoms with Crippen LogP contribution in [0.25, 0.3) is 0 Å². The maximum absolute atomic E-state index is 11.9. The van der Waals surface area contributed by atoms with Crippen LogP contribution < -0.4 is 15.8 Å². The Hall–Kier alpha value is -2.12. The van der Waals surface area contributed by atoms with Gasteiger partial charge in [-0.1, -0.05) is 6.07 Å². The van der Waals surface area contributed by atoms with Crippen LogP contribution in [0.2, 0.25) is 0 Å². The summed E-state index contributed by atoms with van der Waals surface area (Å²) < 4.78 is 9.93.